The van der Waals surface area contributed by atoms with Crippen molar-refractivity contribution in [3.8, 4) is 0 Å². The predicted molar refractivity (Wildman–Crippen MR) is 61.5 cm³/mol. The molecule has 0 spiro atoms. The molecule has 0 radical (unpaired) electrons. The van der Waals surface area contributed by atoms with Crippen LogP contribution in [0.25, 0.3) is 11.0 Å². The topological polar surface area (TPSA) is 38.1 Å². The van der Waals surface area contributed by atoms with Crippen molar-refractivity contribution in [3.05, 3.63) is 29.6 Å². The van der Waals surface area contributed by atoms with E-state index in [1.165, 1.54) is 0 Å². The van der Waals surface area contributed by atoms with Crippen molar-refractivity contribution in [3.63, 3.8) is 0 Å². The standard InChI is InChI=1S/C12H13N3O/c1-14-4-5-15-11-3-2-9(8-16)6-10(11)13-12(15)7-14/h2-3,6,8H,4-5,7H2,1H3. The Hall–Kier alpha value is -1.68. The zero-order valence-corrected chi connectivity index (χ0v) is 9.18. The van der Waals surface area contributed by atoms with Crippen LogP contribution in [0.5, 0.6) is 0 Å². The van der Waals surface area contributed by atoms with Crippen LogP contribution in [0, 0.1) is 0 Å². The molecule has 16 heavy (non-hydrogen) atoms. The van der Waals surface area contributed by atoms with Crippen LogP contribution in [0.1, 0.15) is 16.2 Å². The summed E-state index contributed by atoms with van der Waals surface area (Å²) in [4.78, 5) is 17.5. The van der Waals surface area contributed by atoms with E-state index in [0.717, 1.165) is 42.8 Å². The number of carbonyl (C=O) groups is 1. The Bertz CT molecular complexity index is 559. The number of hydrogen-bond acceptors (Lipinski definition) is 3. The molecule has 0 saturated heterocycles. The van der Waals surface area contributed by atoms with Crippen LogP contribution in [-0.4, -0.2) is 34.3 Å². The molecule has 3 rings (SSSR count). The molecular formula is C12H13N3O. The fraction of sp³-hybridized carbons (Fsp3) is 0.333. The van der Waals surface area contributed by atoms with Gasteiger partial charge in [0.1, 0.15) is 12.1 Å². The third kappa shape index (κ3) is 1.34. The Kier molecular flexibility index (Phi) is 2.04. The van der Waals surface area contributed by atoms with E-state index >= 15 is 0 Å². The van der Waals surface area contributed by atoms with Gasteiger partial charge in [0.2, 0.25) is 0 Å². The molecule has 0 fully saturated rings. The van der Waals surface area contributed by atoms with E-state index < -0.39 is 0 Å². The molecule has 0 saturated carbocycles. The van der Waals surface area contributed by atoms with E-state index in [4.69, 9.17) is 0 Å². The summed E-state index contributed by atoms with van der Waals surface area (Å²) >= 11 is 0. The largest absolute Gasteiger partial charge is 0.326 e. The molecule has 4 heteroatoms. The van der Waals surface area contributed by atoms with E-state index in [0.29, 0.717) is 5.56 Å². The minimum absolute atomic E-state index is 0.691. The highest BCUT2D eigenvalue weighted by Gasteiger charge is 2.17. The van der Waals surface area contributed by atoms with Crippen molar-refractivity contribution in [1.82, 2.24) is 14.5 Å². The molecule has 82 valence electrons. The molecule has 0 atom stereocenters. The van der Waals surface area contributed by atoms with Crippen molar-refractivity contribution in [2.75, 3.05) is 13.6 Å². The maximum absolute atomic E-state index is 10.7. The molecule has 2 heterocycles. The Morgan fingerprint density at radius 2 is 2.25 bits per heavy atom. The number of aldehydes is 1. The van der Waals surface area contributed by atoms with Gasteiger partial charge in [0, 0.05) is 18.7 Å². The van der Waals surface area contributed by atoms with Gasteiger partial charge in [-0.3, -0.25) is 9.69 Å². The fourth-order valence-corrected chi connectivity index (χ4v) is 2.23. The molecule has 0 amide bonds. The summed E-state index contributed by atoms with van der Waals surface area (Å²) in [5.41, 5.74) is 2.75. The summed E-state index contributed by atoms with van der Waals surface area (Å²) in [6.45, 7) is 2.90. The Balaban J connectivity index is 2.20. The molecule has 0 unspecified atom stereocenters. The lowest BCUT2D eigenvalue weighted by Crippen LogP contribution is -2.30. The van der Waals surface area contributed by atoms with Crippen molar-refractivity contribution >= 4 is 17.3 Å². The Morgan fingerprint density at radius 1 is 1.38 bits per heavy atom. The van der Waals surface area contributed by atoms with Crippen LogP contribution in [-0.2, 0) is 13.1 Å². The van der Waals surface area contributed by atoms with Gasteiger partial charge in [-0.05, 0) is 25.2 Å². The Labute approximate surface area is 93.5 Å². The second kappa shape index (κ2) is 3.42. The van der Waals surface area contributed by atoms with Crippen LogP contribution in [0.15, 0.2) is 18.2 Å². The van der Waals surface area contributed by atoms with Crippen LogP contribution >= 0.6 is 0 Å². The number of aromatic nitrogens is 2. The minimum Gasteiger partial charge on any atom is -0.326 e. The molecule has 0 N–H and O–H groups in total. The average Bonchev–Trinajstić information content (AvgIpc) is 2.64. The summed E-state index contributed by atoms with van der Waals surface area (Å²) in [6.07, 6.45) is 0.865. The highest BCUT2D eigenvalue weighted by Crippen LogP contribution is 2.20. The number of carbonyl (C=O) groups excluding carboxylic acids is 1. The van der Waals surface area contributed by atoms with E-state index in [-0.39, 0.29) is 0 Å². The van der Waals surface area contributed by atoms with Gasteiger partial charge >= 0.3 is 0 Å². The summed E-state index contributed by atoms with van der Waals surface area (Å²) < 4.78 is 2.24. The van der Waals surface area contributed by atoms with Crippen molar-refractivity contribution in [2.45, 2.75) is 13.1 Å². The van der Waals surface area contributed by atoms with Crippen molar-refractivity contribution in [1.29, 1.82) is 0 Å². The lowest BCUT2D eigenvalue weighted by molar-refractivity contribution is 0.112. The molecule has 0 bridgehead atoms. The number of nitrogens with zero attached hydrogens (tertiary/aromatic N) is 3. The molecule has 4 nitrogen and oxygen atoms in total. The minimum atomic E-state index is 0.691. The number of imidazole rings is 1. The van der Waals surface area contributed by atoms with Gasteiger partial charge in [-0.25, -0.2) is 4.98 Å². The normalized spacial score (nSPS) is 16.3. The molecule has 2 aromatic rings. The lowest BCUT2D eigenvalue weighted by atomic mass is 10.2. The first-order chi connectivity index (χ1) is 7.78. The van der Waals surface area contributed by atoms with Crippen LogP contribution in [0.2, 0.25) is 0 Å². The molecule has 1 aliphatic heterocycles. The van der Waals surface area contributed by atoms with Crippen molar-refractivity contribution in [2.24, 2.45) is 0 Å². The second-order valence-corrected chi connectivity index (χ2v) is 4.28. The van der Waals surface area contributed by atoms with Gasteiger partial charge in [-0.1, -0.05) is 0 Å². The van der Waals surface area contributed by atoms with E-state index in [1.54, 1.807) is 0 Å². The smallest absolute Gasteiger partial charge is 0.150 e. The van der Waals surface area contributed by atoms with E-state index in [2.05, 4.69) is 21.5 Å². The van der Waals surface area contributed by atoms with E-state index in [1.807, 2.05) is 18.2 Å². The molecular weight excluding hydrogens is 202 g/mol. The number of rotatable bonds is 1. The maximum Gasteiger partial charge on any atom is 0.150 e. The predicted octanol–water partition coefficient (Wildman–Crippen LogP) is 1.29. The lowest BCUT2D eigenvalue weighted by Gasteiger charge is -2.23. The van der Waals surface area contributed by atoms with Crippen LogP contribution in [0.3, 0.4) is 0 Å². The zero-order valence-electron chi connectivity index (χ0n) is 9.18. The van der Waals surface area contributed by atoms with Gasteiger partial charge < -0.3 is 4.57 Å². The van der Waals surface area contributed by atoms with E-state index in [9.17, 15) is 4.79 Å². The van der Waals surface area contributed by atoms with Gasteiger partial charge in [0.05, 0.1) is 17.6 Å². The average molecular weight is 215 g/mol. The number of hydrogen-bond donors (Lipinski definition) is 0. The first-order valence-corrected chi connectivity index (χ1v) is 5.41. The van der Waals surface area contributed by atoms with Crippen LogP contribution in [0.4, 0.5) is 0 Å². The highest BCUT2D eigenvalue weighted by atomic mass is 16.1. The highest BCUT2D eigenvalue weighted by molar-refractivity contribution is 5.85. The Morgan fingerprint density at radius 3 is 3.06 bits per heavy atom. The van der Waals surface area contributed by atoms with Gasteiger partial charge in [0.15, 0.2) is 0 Å². The number of benzene rings is 1. The van der Waals surface area contributed by atoms with Gasteiger partial charge in [-0.15, -0.1) is 0 Å². The zero-order chi connectivity index (χ0) is 11.1. The number of fused-ring (bicyclic) bond motifs is 3. The SMILES string of the molecule is CN1CCn2c(nc3cc(C=O)ccc32)C1. The maximum atomic E-state index is 10.7. The molecule has 1 aliphatic rings. The summed E-state index contributed by atoms with van der Waals surface area (Å²) in [6, 6.07) is 5.69. The fourth-order valence-electron chi connectivity index (χ4n) is 2.23. The molecule has 1 aromatic carbocycles. The summed E-state index contributed by atoms with van der Waals surface area (Å²) in [7, 11) is 2.10. The first kappa shape index (κ1) is 9.54. The molecule has 1 aromatic heterocycles. The third-order valence-corrected chi connectivity index (χ3v) is 3.10. The summed E-state index contributed by atoms with van der Waals surface area (Å²) in [5.74, 6) is 1.09. The third-order valence-electron chi connectivity index (χ3n) is 3.10. The molecule has 0 aliphatic carbocycles. The van der Waals surface area contributed by atoms with Crippen LogP contribution < -0.4 is 0 Å². The number of likely N-dealkylation sites (N-methyl/N-ethyl adjacent to an activating group) is 1. The van der Waals surface area contributed by atoms with Crippen molar-refractivity contribution < 1.29 is 4.79 Å². The quantitative estimate of drug-likeness (QED) is 0.673. The van der Waals surface area contributed by atoms with Gasteiger partial charge in [-0.2, -0.15) is 0 Å². The first-order valence-electron chi connectivity index (χ1n) is 5.41. The summed E-state index contributed by atoms with van der Waals surface area (Å²) in [5, 5.41) is 0. The van der Waals surface area contributed by atoms with Gasteiger partial charge in [0.25, 0.3) is 0 Å². The monoisotopic (exact) mass is 215 g/mol. The second-order valence-electron chi connectivity index (χ2n) is 4.28.